The zero-order valence-electron chi connectivity index (χ0n) is 9.27. The lowest BCUT2D eigenvalue weighted by Crippen LogP contribution is -2.29. The molecule has 1 rings (SSSR count). The van der Waals surface area contributed by atoms with Crippen LogP contribution in [-0.4, -0.2) is 22.2 Å². The first kappa shape index (κ1) is 14.1. The van der Waals surface area contributed by atoms with Crippen molar-refractivity contribution in [2.24, 2.45) is 0 Å². The Morgan fingerprint density at radius 3 is 2.41 bits per heavy atom. The quantitative estimate of drug-likeness (QED) is 0.886. The van der Waals surface area contributed by atoms with Crippen molar-refractivity contribution in [2.75, 3.05) is 11.9 Å². The highest BCUT2D eigenvalue weighted by molar-refractivity contribution is 6.32. The second-order valence-electron chi connectivity index (χ2n) is 4.22. The van der Waals surface area contributed by atoms with Crippen molar-refractivity contribution in [1.29, 1.82) is 0 Å². The summed E-state index contributed by atoms with van der Waals surface area (Å²) in [6.07, 6.45) is -3.77. The van der Waals surface area contributed by atoms with E-state index in [4.69, 9.17) is 11.6 Å². The van der Waals surface area contributed by atoms with Crippen molar-refractivity contribution >= 4 is 17.4 Å². The third-order valence-corrected chi connectivity index (χ3v) is 2.15. The van der Waals surface area contributed by atoms with Gasteiger partial charge in [0.25, 0.3) is 0 Å². The maximum absolute atomic E-state index is 12.3. The number of pyridine rings is 1. The molecule has 0 aliphatic heterocycles. The van der Waals surface area contributed by atoms with Gasteiger partial charge in [-0.3, -0.25) is 0 Å². The molecule has 17 heavy (non-hydrogen) atoms. The van der Waals surface area contributed by atoms with Gasteiger partial charge in [0.05, 0.1) is 16.2 Å². The standard InChI is InChI=1S/C10H12ClF3N2O/c1-9(2,17)5-16-8-7(11)3-6(4-15-8)10(12,13)14/h3-4,17H,5H2,1-2H3,(H,15,16). The maximum Gasteiger partial charge on any atom is 0.417 e. The fraction of sp³-hybridized carbons (Fsp3) is 0.500. The summed E-state index contributed by atoms with van der Waals surface area (Å²) in [7, 11) is 0. The fourth-order valence-electron chi connectivity index (χ4n) is 1.02. The van der Waals surface area contributed by atoms with E-state index in [-0.39, 0.29) is 17.4 Å². The Bertz CT molecular complexity index is 402. The smallest absolute Gasteiger partial charge is 0.389 e. The number of alkyl halides is 3. The fourth-order valence-corrected chi connectivity index (χ4v) is 1.26. The van der Waals surface area contributed by atoms with Crippen LogP contribution < -0.4 is 5.32 Å². The first-order valence-electron chi connectivity index (χ1n) is 4.78. The Morgan fingerprint density at radius 1 is 1.41 bits per heavy atom. The van der Waals surface area contributed by atoms with Gasteiger partial charge < -0.3 is 10.4 Å². The second-order valence-corrected chi connectivity index (χ2v) is 4.63. The number of hydrogen-bond acceptors (Lipinski definition) is 3. The van der Waals surface area contributed by atoms with Crippen LogP contribution in [-0.2, 0) is 6.18 Å². The van der Waals surface area contributed by atoms with E-state index in [1.54, 1.807) is 13.8 Å². The van der Waals surface area contributed by atoms with Crippen LogP contribution in [0.15, 0.2) is 12.3 Å². The largest absolute Gasteiger partial charge is 0.417 e. The Hall–Kier alpha value is -1.01. The molecule has 1 heterocycles. The molecule has 0 aromatic carbocycles. The van der Waals surface area contributed by atoms with Crippen LogP contribution in [0.4, 0.5) is 19.0 Å². The number of nitrogens with zero attached hydrogens (tertiary/aromatic N) is 1. The first-order chi connectivity index (χ1) is 7.59. The van der Waals surface area contributed by atoms with Crippen LogP contribution in [0.25, 0.3) is 0 Å². The summed E-state index contributed by atoms with van der Waals surface area (Å²) < 4.78 is 36.9. The van der Waals surface area contributed by atoms with E-state index in [1.807, 2.05) is 0 Å². The van der Waals surface area contributed by atoms with Crippen LogP contribution in [0.3, 0.4) is 0 Å². The summed E-state index contributed by atoms with van der Waals surface area (Å²) in [5.74, 6) is 0.113. The highest BCUT2D eigenvalue weighted by atomic mass is 35.5. The highest BCUT2D eigenvalue weighted by Gasteiger charge is 2.31. The monoisotopic (exact) mass is 268 g/mol. The Labute approximate surface area is 102 Å². The lowest BCUT2D eigenvalue weighted by Gasteiger charge is -2.18. The van der Waals surface area contributed by atoms with Gasteiger partial charge in [-0.2, -0.15) is 13.2 Å². The molecule has 96 valence electrons. The van der Waals surface area contributed by atoms with E-state index < -0.39 is 17.3 Å². The molecule has 0 fully saturated rings. The summed E-state index contributed by atoms with van der Waals surface area (Å²) in [5.41, 5.74) is -1.91. The van der Waals surface area contributed by atoms with Crippen LogP contribution in [0, 0.1) is 0 Å². The summed E-state index contributed by atoms with van der Waals surface area (Å²) in [6, 6.07) is 0.793. The van der Waals surface area contributed by atoms with Crippen LogP contribution in [0.1, 0.15) is 19.4 Å². The van der Waals surface area contributed by atoms with Crippen LogP contribution in [0.2, 0.25) is 5.02 Å². The number of aliphatic hydroxyl groups is 1. The van der Waals surface area contributed by atoms with Crippen LogP contribution in [0.5, 0.6) is 0 Å². The van der Waals surface area contributed by atoms with Gasteiger partial charge in [0.1, 0.15) is 5.82 Å². The van der Waals surface area contributed by atoms with Crippen molar-refractivity contribution in [3.05, 3.63) is 22.8 Å². The van der Waals surface area contributed by atoms with Gasteiger partial charge in [0.2, 0.25) is 0 Å². The van der Waals surface area contributed by atoms with Gasteiger partial charge >= 0.3 is 6.18 Å². The third kappa shape index (κ3) is 4.40. The molecule has 3 nitrogen and oxygen atoms in total. The Balaban J connectivity index is 2.84. The number of aromatic nitrogens is 1. The van der Waals surface area contributed by atoms with Crippen molar-refractivity contribution < 1.29 is 18.3 Å². The minimum absolute atomic E-state index is 0.113. The predicted octanol–water partition coefficient (Wildman–Crippen LogP) is 2.94. The molecular weight excluding hydrogens is 257 g/mol. The molecule has 7 heteroatoms. The lowest BCUT2D eigenvalue weighted by atomic mass is 10.1. The summed E-state index contributed by atoms with van der Waals surface area (Å²) in [4.78, 5) is 3.57. The minimum Gasteiger partial charge on any atom is -0.389 e. The van der Waals surface area contributed by atoms with E-state index >= 15 is 0 Å². The average molecular weight is 269 g/mol. The molecule has 0 radical (unpaired) electrons. The van der Waals surface area contributed by atoms with E-state index in [1.165, 1.54) is 0 Å². The minimum atomic E-state index is -4.47. The Kier molecular flexibility index (Phi) is 3.88. The summed E-state index contributed by atoms with van der Waals surface area (Å²) in [6.45, 7) is 3.24. The van der Waals surface area contributed by atoms with Gasteiger partial charge in [-0.15, -0.1) is 0 Å². The lowest BCUT2D eigenvalue weighted by molar-refractivity contribution is -0.137. The van der Waals surface area contributed by atoms with Gasteiger partial charge in [0.15, 0.2) is 0 Å². The molecule has 0 spiro atoms. The topological polar surface area (TPSA) is 45.1 Å². The molecule has 0 saturated heterocycles. The predicted molar refractivity (Wildman–Crippen MR) is 59.0 cm³/mol. The van der Waals surface area contributed by atoms with Gasteiger partial charge in [-0.1, -0.05) is 11.6 Å². The molecule has 1 aromatic heterocycles. The average Bonchev–Trinajstić information content (AvgIpc) is 2.12. The van der Waals surface area contributed by atoms with Crippen molar-refractivity contribution in [2.45, 2.75) is 25.6 Å². The number of halogens is 4. The highest BCUT2D eigenvalue weighted by Crippen LogP contribution is 2.32. The molecule has 0 bridgehead atoms. The number of hydrogen-bond donors (Lipinski definition) is 2. The van der Waals surface area contributed by atoms with Crippen LogP contribution >= 0.6 is 11.6 Å². The number of rotatable bonds is 3. The van der Waals surface area contributed by atoms with Gasteiger partial charge in [-0.25, -0.2) is 4.98 Å². The van der Waals surface area contributed by atoms with Crippen molar-refractivity contribution in [1.82, 2.24) is 4.98 Å². The van der Waals surface area contributed by atoms with Crippen molar-refractivity contribution in [3.63, 3.8) is 0 Å². The van der Waals surface area contributed by atoms with E-state index in [0.717, 1.165) is 6.07 Å². The zero-order chi connectivity index (χ0) is 13.3. The molecule has 0 aliphatic carbocycles. The van der Waals surface area contributed by atoms with Crippen molar-refractivity contribution in [3.8, 4) is 0 Å². The number of anilines is 1. The Morgan fingerprint density at radius 2 is 2.00 bits per heavy atom. The van der Waals surface area contributed by atoms with E-state index in [9.17, 15) is 18.3 Å². The molecular formula is C10H12ClF3N2O. The molecule has 0 unspecified atom stereocenters. The summed E-state index contributed by atoms with van der Waals surface area (Å²) >= 11 is 5.66. The van der Waals surface area contributed by atoms with Gasteiger partial charge in [-0.05, 0) is 19.9 Å². The number of nitrogens with one attached hydrogen (secondary N) is 1. The molecule has 0 amide bonds. The van der Waals surface area contributed by atoms with E-state index in [2.05, 4.69) is 10.3 Å². The molecule has 1 aromatic rings. The maximum atomic E-state index is 12.3. The normalized spacial score (nSPS) is 12.6. The summed E-state index contributed by atoms with van der Waals surface area (Å²) in [5, 5.41) is 12.0. The molecule has 0 atom stereocenters. The third-order valence-electron chi connectivity index (χ3n) is 1.86. The molecule has 0 aliphatic rings. The van der Waals surface area contributed by atoms with Gasteiger partial charge in [0, 0.05) is 12.7 Å². The molecule has 0 saturated carbocycles. The first-order valence-corrected chi connectivity index (χ1v) is 5.16. The zero-order valence-corrected chi connectivity index (χ0v) is 10.0. The SMILES string of the molecule is CC(C)(O)CNc1ncc(C(F)(F)F)cc1Cl. The molecule has 2 N–H and O–H groups in total. The second kappa shape index (κ2) is 4.70. The van der Waals surface area contributed by atoms with E-state index in [0.29, 0.717) is 6.20 Å².